The van der Waals surface area contributed by atoms with E-state index in [1.165, 1.54) is 0 Å². The molecule has 2 aromatic rings. The lowest BCUT2D eigenvalue weighted by atomic mass is 10.2. The van der Waals surface area contributed by atoms with Gasteiger partial charge in [0.2, 0.25) is 5.91 Å². The Bertz CT molecular complexity index is 727. The summed E-state index contributed by atoms with van der Waals surface area (Å²) in [5.41, 5.74) is 0.885. The zero-order valence-corrected chi connectivity index (χ0v) is 16.3. The minimum atomic E-state index is -0.0487. The van der Waals surface area contributed by atoms with Crippen molar-refractivity contribution in [3.05, 3.63) is 50.6 Å². The van der Waals surface area contributed by atoms with Crippen LogP contribution < -0.4 is 9.47 Å². The van der Waals surface area contributed by atoms with Crippen molar-refractivity contribution in [2.75, 3.05) is 20.8 Å². The van der Waals surface area contributed by atoms with Gasteiger partial charge in [-0.25, -0.2) is 0 Å². The van der Waals surface area contributed by atoms with Gasteiger partial charge < -0.3 is 14.4 Å². The van der Waals surface area contributed by atoms with E-state index < -0.39 is 0 Å². The Balaban J connectivity index is 2.02. The number of carbonyl (C=O) groups is 1. The Hall–Kier alpha value is -1.79. The number of amides is 1. The van der Waals surface area contributed by atoms with Crippen LogP contribution in [0.5, 0.6) is 11.5 Å². The minimum Gasteiger partial charge on any atom is -0.493 e. The molecule has 2 rings (SSSR count). The molecule has 0 bridgehead atoms. The van der Waals surface area contributed by atoms with Crippen LogP contribution in [0.4, 0.5) is 0 Å². The molecule has 1 aromatic carbocycles. The molecule has 0 spiro atoms. The predicted molar refractivity (Wildman–Crippen MR) is 102 cm³/mol. The number of likely N-dealkylation sites (N-methyl/N-ethyl adjacent to an activating group) is 1. The van der Waals surface area contributed by atoms with Crippen LogP contribution in [-0.2, 0) is 11.3 Å². The number of benzene rings is 1. The number of thiophene rings is 1. The number of halogens is 1. The van der Waals surface area contributed by atoms with Gasteiger partial charge in [-0.05, 0) is 58.8 Å². The topological polar surface area (TPSA) is 38.8 Å². The van der Waals surface area contributed by atoms with E-state index in [0.717, 1.165) is 14.2 Å². The lowest BCUT2D eigenvalue weighted by molar-refractivity contribution is -0.125. The second-order valence-corrected chi connectivity index (χ2v) is 7.62. The summed E-state index contributed by atoms with van der Waals surface area (Å²) in [5.74, 6) is 1.31. The number of rotatable bonds is 7. The van der Waals surface area contributed by atoms with Crippen molar-refractivity contribution >= 4 is 39.2 Å². The SMILES string of the molecule is CCOc1ccc(/C=C/C(=O)N(C)Cc2ccc(Br)s2)cc1OC. The molecule has 0 N–H and O–H groups in total. The molecule has 0 atom stereocenters. The fourth-order valence-corrected chi connectivity index (χ4v) is 3.64. The van der Waals surface area contributed by atoms with E-state index in [1.54, 1.807) is 42.5 Å². The third kappa shape index (κ3) is 5.11. The highest BCUT2D eigenvalue weighted by Crippen LogP contribution is 2.28. The van der Waals surface area contributed by atoms with Crippen LogP contribution >= 0.6 is 27.3 Å². The molecule has 0 unspecified atom stereocenters. The smallest absolute Gasteiger partial charge is 0.246 e. The third-order valence-electron chi connectivity index (χ3n) is 3.30. The summed E-state index contributed by atoms with van der Waals surface area (Å²) in [6.07, 6.45) is 3.35. The molecule has 0 saturated carbocycles. The molecule has 0 aliphatic rings. The molecule has 1 amide bonds. The number of carbonyl (C=O) groups excluding carboxylic acids is 1. The average Bonchev–Trinajstić information content (AvgIpc) is 2.98. The van der Waals surface area contributed by atoms with Gasteiger partial charge in [0.15, 0.2) is 11.5 Å². The van der Waals surface area contributed by atoms with E-state index >= 15 is 0 Å². The lowest BCUT2D eigenvalue weighted by Gasteiger charge is -2.13. The molecule has 0 saturated heterocycles. The number of ether oxygens (including phenoxy) is 2. The van der Waals surface area contributed by atoms with Crippen molar-refractivity contribution in [3.8, 4) is 11.5 Å². The van der Waals surface area contributed by atoms with Gasteiger partial charge >= 0.3 is 0 Å². The van der Waals surface area contributed by atoms with Crippen molar-refractivity contribution in [1.82, 2.24) is 4.90 Å². The van der Waals surface area contributed by atoms with Gasteiger partial charge in [-0.1, -0.05) is 6.07 Å². The Labute approximate surface area is 154 Å². The van der Waals surface area contributed by atoms with Crippen LogP contribution in [-0.4, -0.2) is 31.6 Å². The van der Waals surface area contributed by atoms with Crippen LogP contribution in [0.1, 0.15) is 17.4 Å². The van der Waals surface area contributed by atoms with Gasteiger partial charge in [0.05, 0.1) is 24.0 Å². The van der Waals surface area contributed by atoms with Gasteiger partial charge in [0, 0.05) is 18.0 Å². The Morgan fingerprint density at radius 2 is 2.08 bits per heavy atom. The van der Waals surface area contributed by atoms with E-state index in [0.29, 0.717) is 24.7 Å². The Morgan fingerprint density at radius 1 is 1.29 bits per heavy atom. The van der Waals surface area contributed by atoms with E-state index in [-0.39, 0.29) is 5.91 Å². The highest BCUT2D eigenvalue weighted by atomic mass is 79.9. The highest BCUT2D eigenvalue weighted by Gasteiger charge is 2.08. The van der Waals surface area contributed by atoms with Crippen molar-refractivity contribution in [2.24, 2.45) is 0 Å². The summed E-state index contributed by atoms with van der Waals surface area (Å²) in [7, 11) is 3.39. The number of methoxy groups -OCH3 is 1. The quantitative estimate of drug-likeness (QED) is 0.627. The normalized spacial score (nSPS) is 10.8. The minimum absolute atomic E-state index is 0.0487. The molecule has 0 fully saturated rings. The molecule has 0 radical (unpaired) electrons. The molecule has 0 aliphatic heterocycles. The summed E-state index contributed by atoms with van der Waals surface area (Å²) in [5, 5.41) is 0. The van der Waals surface area contributed by atoms with E-state index in [4.69, 9.17) is 9.47 Å². The summed E-state index contributed by atoms with van der Waals surface area (Å²) in [6.45, 7) is 3.09. The van der Waals surface area contributed by atoms with Crippen molar-refractivity contribution in [3.63, 3.8) is 0 Å². The fraction of sp³-hybridized carbons (Fsp3) is 0.278. The molecule has 1 aromatic heterocycles. The molecule has 1 heterocycles. The van der Waals surface area contributed by atoms with E-state index in [2.05, 4.69) is 15.9 Å². The summed E-state index contributed by atoms with van der Waals surface area (Å²) >= 11 is 5.06. The second-order valence-electron chi connectivity index (χ2n) is 5.08. The molecule has 4 nitrogen and oxygen atoms in total. The largest absolute Gasteiger partial charge is 0.493 e. The van der Waals surface area contributed by atoms with Gasteiger partial charge in [0.25, 0.3) is 0 Å². The monoisotopic (exact) mass is 409 g/mol. The molecular weight excluding hydrogens is 390 g/mol. The maximum absolute atomic E-state index is 12.2. The molecular formula is C18H20BrNO3S. The standard InChI is InChI=1S/C18H20BrNO3S/c1-4-23-15-8-5-13(11-16(15)22-3)6-10-18(21)20(2)12-14-7-9-17(19)24-14/h5-11H,4,12H2,1-3H3/b10-6+. The first kappa shape index (κ1) is 18.5. The second kappa shape index (κ2) is 8.89. The number of hydrogen-bond acceptors (Lipinski definition) is 4. The van der Waals surface area contributed by atoms with Crippen molar-refractivity contribution in [2.45, 2.75) is 13.5 Å². The molecule has 0 aliphatic carbocycles. The third-order valence-corrected chi connectivity index (χ3v) is 4.91. The van der Waals surface area contributed by atoms with Crippen LogP contribution in [0.2, 0.25) is 0 Å². The average molecular weight is 410 g/mol. The maximum Gasteiger partial charge on any atom is 0.246 e. The van der Waals surface area contributed by atoms with Crippen molar-refractivity contribution < 1.29 is 14.3 Å². The highest BCUT2D eigenvalue weighted by molar-refractivity contribution is 9.11. The fourth-order valence-electron chi connectivity index (χ4n) is 2.11. The number of nitrogens with zero attached hydrogens (tertiary/aromatic N) is 1. The molecule has 6 heteroatoms. The van der Waals surface area contributed by atoms with Crippen LogP contribution in [0.25, 0.3) is 6.08 Å². The van der Waals surface area contributed by atoms with Crippen LogP contribution in [0, 0.1) is 0 Å². The van der Waals surface area contributed by atoms with Crippen LogP contribution in [0.3, 0.4) is 0 Å². The zero-order chi connectivity index (χ0) is 17.5. The maximum atomic E-state index is 12.2. The van der Waals surface area contributed by atoms with Gasteiger partial charge in [-0.2, -0.15) is 0 Å². The van der Waals surface area contributed by atoms with Crippen LogP contribution in [0.15, 0.2) is 40.2 Å². The van der Waals surface area contributed by atoms with Gasteiger partial charge in [-0.15, -0.1) is 11.3 Å². The number of hydrogen-bond donors (Lipinski definition) is 0. The van der Waals surface area contributed by atoms with E-state index in [9.17, 15) is 4.79 Å². The molecule has 128 valence electrons. The first-order chi connectivity index (χ1) is 11.5. The summed E-state index contributed by atoms with van der Waals surface area (Å²) < 4.78 is 11.9. The summed E-state index contributed by atoms with van der Waals surface area (Å²) in [6, 6.07) is 9.60. The Kier molecular flexibility index (Phi) is 6.87. The van der Waals surface area contributed by atoms with E-state index in [1.807, 2.05) is 37.3 Å². The predicted octanol–water partition coefficient (Wildman–Crippen LogP) is 4.59. The molecule has 24 heavy (non-hydrogen) atoms. The van der Waals surface area contributed by atoms with Gasteiger partial charge in [-0.3, -0.25) is 4.79 Å². The first-order valence-corrected chi connectivity index (χ1v) is 9.12. The summed E-state index contributed by atoms with van der Waals surface area (Å²) in [4.78, 5) is 15.0. The lowest BCUT2D eigenvalue weighted by Crippen LogP contribution is -2.23. The Morgan fingerprint density at radius 3 is 2.71 bits per heavy atom. The van der Waals surface area contributed by atoms with Crippen molar-refractivity contribution in [1.29, 1.82) is 0 Å². The first-order valence-electron chi connectivity index (χ1n) is 7.51. The van der Waals surface area contributed by atoms with Gasteiger partial charge in [0.1, 0.15) is 0 Å². The zero-order valence-electron chi connectivity index (χ0n) is 13.9.